The molecule has 0 aliphatic heterocycles. The van der Waals surface area contributed by atoms with E-state index in [0.717, 1.165) is 11.8 Å². The maximum absolute atomic E-state index is 11.5. The number of carbonyl (C=O) groups is 2. The number of rotatable bonds is 4. The number of nitrogens with one attached hydrogen (secondary N) is 1. The van der Waals surface area contributed by atoms with Gasteiger partial charge in [0.05, 0.1) is 0 Å². The first kappa shape index (κ1) is 12.6. The number of nitrogens with zero attached hydrogens (tertiary/aromatic N) is 1. The fourth-order valence-electron chi connectivity index (χ4n) is 1.31. The van der Waals surface area contributed by atoms with Crippen molar-refractivity contribution in [1.82, 2.24) is 4.98 Å². The summed E-state index contributed by atoms with van der Waals surface area (Å²) < 4.78 is 4.79. The first-order valence-electron chi connectivity index (χ1n) is 5.38. The number of amides is 1. The Kier molecular flexibility index (Phi) is 3.72. The number of carboxylic acid groups (broad SMARTS) is 1. The van der Waals surface area contributed by atoms with Crippen LogP contribution in [0.4, 0.5) is 6.01 Å². The molecule has 2 aromatic rings. The van der Waals surface area contributed by atoms with Crippen molar-refractivity contribution < 1.29 is 19.1 Å². The molecule has 0 radical (unpaired) electrons. The topological polar surface area (TPSA) is 92.4 Å². The minimum atomic E-state index is -1.22. The molecule has 1 heterocycles. The van der Waals surface area contributed by atoms with Crippen LogP contribution in [0.5, 0.6) is 0 Å². The minimum Gasteiger partial charge on any atom is -0.476 e. The molecule has 0 bridgehead atoms. The third kappa shape index (κ3) is 3.53. The van der Waals surface area contributed by atoms with E-state index in [2.05, 4.69) is 10.3 Å². The van der Waals surface area contributed by atoms with E-state index in [4.69, 9.17) is 9.52 Å². The van der Waals surface area contributed by atoms with Gasteiger partial charge in [-0.15, -0.1) is 0 Å². The van der Waals surface area contributed by atoms with Gasteiger partial charge in [-0.1, -0.05) is 30.3 Å². The Morgan fingerprint density at radius 1 is 1.26 bits per heavy atom. The molecule has 1 aromatic carbocycles. The minimum absolute atomic E-state index is 0.153. The van der Waals surface area contributed by atoms with Crippen LogP contribution in [0.1, 0.15) is 16.1 Å². The second-order valence-corrected chi connectivity index (χ2v) is 3.58. The lowest BCUT2D eigenvalue weighted by molar-refractivity contribution is -0.112. The number of carbonyl (C=O) groups excluding carboxylic acids is 1. The van der Waals surface area contributed by atoms with E-state index in [1.54, 1.807) is 6.08 Å². The van der Waals surface area contributed by atoms with Gasteiger partial charge in [-0.2, -0.15) is 4.98 Å². The monoisotopic (exact) mass is 258 g/mol. The lowest BCUT2D eigenvalue weighted by atomic mass is 10.2. The van der Waals surface area contributed by atoms with Crippen molar-refractivity contribution in [1.29, 1.82) is 0 Å². The molecule has 6 nitrogen and oxygen atoms in total. The number of oxazole rings is 1. The molecule has 2 rings (SSSR count). The fraction of sp³-hybridized carbons (Fsp3) is 0. The first-order chi connectivity index (χ1) is 9.15. The molecule has 0 aliphatic rings. The van der Waals surface area contributed by atoms with Gasteiger partial charge in [-0.3, -0.25) is 10.1 Å². The molecule has 0 aliphatic carbocycles. The Morgan fingerprint density at radius 2 is 2.00 bits per heavy atom. The zero-order chi connectivity index (χ0) is 13.7. The van der Waals surface area contributed by atoms with Crippen LogP contribution >= 0.6 is 0 Å². The van der Waals surface area contributed by atoms with Crippen LogP contribution in [0, 0.1) is 0 Å². The first-order valence-corrected chi connectivity index (χ1v) is 5.38. The molecule has 0 spiro atoms. The predicted octanol–water partition coefficient (Wildman–Crippen LogP) is 2.02. The molecule has 6 heteroatoms. The third-order valence-electron chi connectivity index (χ3n) is 2.18. The van der Waals surface area contributed by atoms with Gasteiger partial charge in [0.2, 0.25) is 0 Å². The van der Waals surface area contributed by atoms with Crippen LogP contribution in [0.3, 0.4) is 0 Å². The van der Waals surface area contributed by atoms with Crippen LogP contribution in [-0.4, -0.2) is 22.0 Å². The summed E-state index contributed by atoms with van der Waals surface area (Å²) in [6.07, 6.45) is 3.88. The average Bonchev–Trinajstić information content (AvgIpc) is 2.86. The van der Waals surface area contributed by atoms with Crippen molar-refractivity contribution >= 4 is 24.0 Å². The van der Waals surface area contributed by atoms with E-state index in [1.807, 2.05) is 30.3 Å². The van der Waals surface area contributed by atoms with Crippen LogP contribution < -0.4 is 5.32 Å². The van der Waals surface area contributed by atoms with Gasteiger partial charge in [0.1, 0.15) is 6.26 Å². The van der Waals surface area contributed by atoms with E-state index < -0.39 is 11.9 Å². The maximum Gasteiger partial charge on any atom is 0.357 e. The molecule has 0 atom stereocenters. The number of hydrogen-bond acceptors (Lipinski definition) is 4. The molecule has 0 unspecified atom stereocenters. The van der Waals surface area contributed by atoms with Crippen molar-refractivity contribution in [2.75, 3.05) is 5.32 Å². The number of hydrogen-bond donors (Lipinski definition) is 2. The fourth-order valence-corrected chi connectivity index (χ4v) is 1.31. The molecule has 2 N–H and O–H groups in total. The highest BCUT2D eigenvalue weighted by Gasteiger charge is 2.11. The van der Waals surface area contributed by atoms with Gasteiger partial charge in [0, 0.05) is 6.08 Å². The zero-order valence-electron chi connectivity index (χ0n) is 9.74. The highest BCUT2D eigenvalue weighted by molar-refractivity contribution is 6.00. The van der Waals surface area contributed by atoms with E-state index >= 15 is 0 Å². The Balaban J connectivity index is 1.97. The van der Waals surface area contributed by atoms with Gasteiger partial charge in [0.15, 0.2) is 5.69 Å². The normalized spacial score (nSPS) is 10.5. The lowest BCUT2D eigenvalue weighted by Crippen LogP contribution is -2.08. The number of carboxylic acids is 1. The number of anilines is 1. The molecule has 1 amide bonds. The summed E-state index contributed by atoms with van der Waals surface area (Å²) in [5, 5.41) is 11.0. The third-order valence-corrected chi connectivity index (χ3v) is 2.18. The largest absolute Gasteiger partial charge is 0.476 e. The second kappa shape index (κ2) is 5.63. The number of aromatic nitrogens is 1. The van der Waals surface area contributed by atoms with E-state index in [-0.39, 0.29) is 11.7 Å². The molecule has 1 aromatic heterocycles. The lowest BCUT2D eigenvalue weighted by Gasteiger charge is -1.94. The molecular weight excluding hydrogens is 248 g/mol. The highest BCUT2D eigenvalue weighted by atomic mass is 16.4. The van der Waals surface area contributed by atoms with Gasteiger partial charge in [0.25, 0.3) is 5.91 Å². The summed E-state index contributed by atoms with van der Waals surface area (Å²) >= 11 is 0. The maximum atomic E-state index is 11.5. The Morgan fingerprint density at radius 3 is 2.63 bits per heavy atom. The summed E-state index contributed by atoms with van der Waals surface area (Å²) in [6, 6.07) is 9.11. The van der Waals surface area contributed by atoms with Crippen LogP contribution in [-0.2, 0) is 4.79 Å². The van der Waals surface area contributed by atoms with Crippen LogP contribution in [0.2, 0.25) is 0 Å². The molecular formula is C13H10N2O4. The van der Waals surface area contributed by atoms with Crippen LogP contribution in [0.25, 0.3) is 6.08 Å². The summed E-state index contributed by atoms with van der Waals surface area (Å²) in [7, 11) is 0. The molecule has 0 saturated heterocycles. The summed E-state index contributed by atoms with van der Waals surface area (Å²) in [6.45, 7) is 0. The van der Waals surface area contributed by atoms with Gasteiger partial charge in [-0.25, -0.2) is 4.79 Å². The van der Waals surface area contributed by atoms with E-state index in [0.29, 0.717) is 0 Å². The van der Waals surface area contributed by atoms with Crippen LogP contribution in [0.15, 0.2) is 47.1 Å². The SMILES string of the molecule is O=C(/C=C/c1ccccc1)Nc1nc(C(=O)O)co1. The van der Waals surface area contributed by atoms with Crippen molar-refractivity contribution in [2.45, 2.75) is 0 Å². The zero-order valence-corrected chi connectivity index (χ0v) is 9.74. The molecule has 19 heavy (non-hydrogen) atoms. The Bertz CT molecular complexity index is 617. The summed E-state index contributed by atoms with van der Waals surface area (Å²) in [5.41, 5.74) is 0.610. The van der Waals surface area contributed by atoms with Crippen molar-refractivity contribution in [3.05, 3.63) is 53.9 Å². The molecule has 0 saturated carbocycles. The van der Waals surface area contributed by atoms with Crippen molar-refractivity contribution in [2.24, 2.45) is 0 Å². The highest BCUT2D eigenvalue weighted by Crippen LogP contribution is 2.07. The van der Waals surface area contributed by atoms with Crippen molar-refractivity contribution in [3.8, 4) is 0 Å². The average molecular weight is 258 g/mol. The Hall–Kier alpha value is -2.89. The summed E-state index contributed by atoms with van der Waals surface area (Å²) in [5.74, 6) is -1.67. The Labute approximate surface area is 108 Å². The van der Waals surface area contributed by atoms with Crippen molar-refractivity contribution in [3.63, 3.8) is 0 Å². The second-order valence-electron chi connectivity index (χ2n) is 3.58. The summed E-state index contributed by atoms with van der Waals surface area (Å²) in [4.78, 5) is 25.7. The predicted molar refractivity (Wildman–Crippen MR) is 67.6 cm³/mol. The van der Waals surface area contributed by atoms with E-state index in [9.17, 15) is 9.59 Å². The van der Waals surface area contributed by atoms with Gasteiger partial charge >= 0.3 is 12.0 Å². The number of aromatic carboxylic acids is 1. The standard InChI is InChI=1S/C13H10N2O4/c16-11(7-6-9-4-2-1-3-5-9)15-13-14-10(8-19-13)12(17)18/h1-8H,(H,17,18)(H,14,15,16)/b7-6+. The molecule has 96 valence electrons. The van der Waals surface area contributed by atoms with E-state index in [1.165, 1.54) is 6.08 Å². The van der Waals surface area contributed by atoms with Gasteiger partial charge in [-0.05, 0) is 11.6 Å². The number of benzene rings is 1. The molecule has 0 fully saturated rings. The smallest absolute Gasteiger partial charge is 0.357 e. The van der Waals surface area contributed by atoms with Gasteiger partial charge < -0.3 is 9.52 Å². The quantitative estimate of drug-likeness (QED) is 0.818.